The first kappa shape index (κ1) is 35.4. The van der Waals surface area contributed by atoms with E-state index in [9.17, 15) is 14.4 Å². The van der Waals surface area contributed by atoms with Gasteiger partial charge in [-0.1, -0.05) is 113 Å². The molecule has 2 amide bonds. The predicted octanol–water partition coefficient (Wildman–Crippen LogP) is 8.34. The number of carbonyl (C=O) groups excluding carboxylic acids is 2. The summed E-state index contributed by atoms with van der Waals surface area (Å²) in [5, 5.41) is 0.506. The molecule has 1 saturated heterocycles. The number of nitrogens with zero attached hydrogens (tertiary/aromatic N) is 2. The molecule has 1 fully saturated rings. The number of carbonyl (C=O) groups is 2. The van der Waals surface area contributed by atoms with Crippen LogP contribution in [0.15, 0.2) is 64.0 Å². The van der Waals surface area contributed by atoms with Crippen molar-refractivity contribution in [3.63, 3.8) is 0 Å². The first-order chi connectivity index (χ1) is 22.4. The van der Waals surface area contributed by atoms with Crippen LogP contribution >= 0.6 is 0 Å². The molecular formula is C39H54N2O5. The van der Waals surface area contributed by atoms with Crippen molar-refractivity contribution in [2.24, 2.45) is 0 Å². The first-order valence-electron chi connectivity index (χ1n) is 17.7. The highest BCUT2D eigenvalue weighted by Gasteiger charge is 2.27. The molecule has 1 aliphatic heterocycles. The van der Waals surface area contributed by atoms with Gasteiger partial charge in [0.2, 0.25) is 11.8 Å². The quantitative estimate of drug-likeness (QED) is 0.117. The molecule has 0 saturated carbocycles. The van der Waals surface area contributed by atoms with Crippen LogP contribution in [0.3, 0.4) is 0 Å². The molecule has 0 radical (unpaired) electrons. The van der Waals surface area contributed by atoms with Crippen LogP contribution in [-0.4, -0.2) is 47.4 Å². The van der Waals surface area contributed by atoms with E-state index in [1.165, 1.54) is 57.6 Å². The average molecular weight is 631 g/mol. The highest BCUT2D eigenvalue weighted by molar-refractivity contribution is 5.85. The highest BCUT2D eigenvalue weighted by atomic mass is 16.5. The van der Waals surface area contributed by atoms with Crippen LogP contribution in [0.1, 0.15) is 114 Å². The predicted molar refractivity (Wildman–Crippen MR) is 185 cm³/mol. The zero-order valence-corrected chi connectivity index (χ0v) is 28.1. The Morgan fingerprint density at radius 1 is 0.826 bits per heavy atom. The maximum absolute atomic E-state index is 14.0. The number of fused-ring (bicyclic) bond motifs is 1. The fourth-order valence-corrected chi connectivity index (χ4v) is 6.29. The van der Waals surface area contributed by atoms with Gasteiger partial charge in [0.05, 0.1) is 36.4 Å². The Bertz CT molecular complexity index is 1410. The summed E-state index contributed by atoms with van der Waals surface area (Å²) >= 11 is 0. The second kappa shape index (κ2) is 19.3. The largest absolute Gasteiger partial charge is 0.464 e. The van der Waals surface area contributed by atoms with Crippen molar-refractivity contribution in [3.05, 3.63) is 81.7 Å². The Labute approximate surface area is 275 Å². The number of aryl methyl sites for hydroxylation is 1. The van der Waals surface area contributed by atoms with Crippen LogP contribution in [0.5, 0.6) is 0 Å². The van der Waals surface area contributed by atoms with E-state index in [0.29, 0.717) is 42.6 Å². The first-order valence-corrected chi connectivity index (χ1v) is 17.7. The molecule has 1 aromatic heterocycles. The lowest BCUT2D eigenvalue weighted by atomic mass is 10.0. The van der Waals surface area contributed by atoms with Crippen LogP contribution < -0.4 is 5.43 Å². The standard InChI is InChI=1S/C39H54N2O5/c1-3-4-5-6-7-8-9-10-11-12-16-21-37(42)41(28-34-20-17-24-45-34)29-38(43)40(26-32-18-14-13-15-19-32)27-33-30-46-36-23-22-31(2)25-35(36)39(33)44/h13-15,18-19,22-23,25,30,34H,3-12,16-17,20-21,24,26-29H2,1-2H3. The van der Waals surface area contributed by atoms with Crippen molar-refractivity contribution in [1.82, 2.24) is 9.80 Å². The molecule has 4 rings (SSSR count). The van der Waals surface area contributed by atoms with Crippen molar-refractivity contribution in [2.75, 3.05) is 19.7 Å². The van der Waals surface area contributed by atoms with Crippen LogP contribution in [0, 0.1) is 6.92 Å². The van der Waals surface area contributed by atoms with Gasteiger partial charge in [-0.05, 0) is 43.9 Å². The van der Waals surface area contributed by atoms with Gasteiger partial charge in [0, 0.05) is 26.1 Å². The molecule has 0 N–H and O–H groups in total. The summed E-state index contributed by atoms with van der Waals surface area (Å²) in [7, 11) is 0. The SMILES string of the molecule is CCCCCCCCCCCCCC(=O)N(CC(=O)N(Cc1ccccc1)Cc1coc2ccc(C)cc2c1=O)CC1CCCO1. The molecule has 1 unspecified atom stereocenters. The lowest BCUT2D eigenvalue weighted by molar-refractivity contribution is -0.142. The van der Waals surface area contributed by atoms with E-state index in [4.69, 9.17) is 9.15 Å². The molecule has 46 heavy (non-hydrogen) atoms. The topological polar surface area (TPSA) is 80.1 Å². The summed E-state index contributed by atoms with van der Waals surface area (Å²) in [5.41, 5.74) is 2.72. The van der Waals surface area contributed by atoms with Crippen LogP contribution in [0.25, 0.3) is 11.0 Å². The highest BCUT2D eigenvalue weighted by Crippen LogP contribution is 2.19. The van der Waals surface area contributed by atoms with Crippen LogP contribution in [-0.2, 0) is 27.4 Å². The fourth-order valence-electron chi connectivity index (χ4n) is 6.29. The average Bonchev–Trinajstić information content (AvgIpc) is 3.58. The minimum absolute atomic E-state index is 0.000120. The van der Waals surface area contributed by atoms with E-state index in [2.05, 4.69) is 6.92 Å². The van der Waals surface area contributed by atoms with Gasteiger partial charge in [-0.3, -0.25) is 14.4 Å². The number of benzene rings is 2. The molecule has 2 aromatic carbocycles. The number of unbranched alkanes of at least 4 members (excludes halogenated alkanes) is 10. The molecule has 0 aliphatic carbocycles. The summed E-state index contributed by atoms with van der Waals surface area (Å²) < 4.78 is 11.7. The van der Waals surface area contributed by atoms with E-state index in [0.717, 1.165) is 43.2 Å². The lowest BCUT2D eigenvalue weighted by Gasteiger charge is -2.29. The Morgan fingerprint density at radius 2 is 1.52 bits per heavy atom. The van der Waals surface area contributed by atoms with E-state index >= 15 is 0 Å². The zero-order valence-electron chi connectivity index (χ0n) is 28.1. The molecule has 7 nitrogen and oxygen atoms in total. The molecule has 0 bridgehead atoms. The molecule has 250 valence electrons. The van der Waals surface area contributed by atoms with Crippen LogP contribution in [0.2, 0.25) is 0 Å². The summed E-state index contributed by atoms with van der Waals surface area (Å²) in [6.45, 7) is 5.68. The molecule has 1 atom stereocenters. The molecule has 3 aromatic rings. The number of amides is 2. The van der Waals surface area contributed by atoms with Gasteiger partial charge in [-0.25, -0.2) is 0 Å². The van der Waals surface area contributed by atoms with Gasteiger partial charge >= 0.3 is 0 Å². The van der Waals surface area contributed by atoms with E-state index in [1.807, 2.05) is 49.4 Å². The second-order valence-electron chi connectivity index (χ2n) is 13.0. The van der Waals surface area contributed by atoms with Crippen molar-refractivity contribution < 1.29 is 18.7 Å². The van der Waals surface area contributed by atoms with Crippen molar-refractivity contribution in [2.45, 2.75) is 123 Å². The summed E-state index contributed by atoms with van der Waals surface area (Å²) in [6, 6.07) is 15.3. The minimum Gasteiger partial charge on any atom is -0.464 e. The van der Waals surface area contributed by atoms with E-state index in [-0.39, 0.29) is 36.4 Å². The van der Waals surface area contributed by atoms with Gasteiger partial charge in [0.1, 0.15) is 5.58 Å². The molecule has 7 heteroatoms. The lowest BCUT2D eigenvalue weighted by Crippen LogP contribution is -2.45. The van der Waals surface area contributed by atoms with Crippen molar-refractivity contribution >= 4 is 22.8 Å². The van der Waals surface area contributed by atoms with E-state index < -0.39 is 0 Å². The van der Waals surface area contributed by atoms with Crippen molar-refractivity contribution in [3.8, 4) is 0 Å². The Morgan fingerprint density at radius 3 is 2.20 bits per heavy atom. The number of rotatable bonds is 20. The third-order valence-electron chi connectivity index (χ3n) is 9.05. The third kappa shape index (κ3) is 11.4. The molecule has 1 aliphatic rings. The monoisotopic (exact) mass is 630 g/mol. The van der Waals surface area contributed by atoms with E-state index in [1.54, 1.807) is 15.9 Å². The van der Waals surface area contributed by atoms with Crippen molar-refractivity contribution in [1.29, 1.82) is 0 Å². The summed E-state index contributed by atoms with van der Waals surface area (Å²) in [5.74, 6) is -0.196. The maximum Gasteiger partial charge on any atom is 0.242 e. The minimum atomic E-state index is -0.196. The van der Waals surface area contributed by atoms with Gasteiger partial charge in [-0.2, -0.15) is 0 Å². The molecule has 0 spiro atoms. The van der Waals surface area contributed by atoms with Gasteiger partial charge < -0.3 is 19.0 Å². The Hall–Kier alpha value is -3.45. The Kier molecular flexibility index (Phi) is 14.8. The normalized spacial score (nSPS) is 14.5. The second-order valence-corrected chi connectivity index (χ2v) is 13.0. The molecular weight excluding hydrogens is 576 g/mol. The third-order valence-corrected chi connectivity index (χ3v) is 9.05. The fraction of sp³-hybridized carbons (Fsp3) is 0.564. The number of hydrogen-bond donors (Lipinski definition) is 0. The summed E-state index contributed by atoms with van der Waals surface area (Å²) in [4.78, 5) is 44.3. The number of hydrogen-bond acceptors (Lipinski definition) is 5. The van der Waals surface area contributed by atoms with Crippen LogP contribution in [0.4, 0.5) is 0 Å². The van der Waals surface area contributed by atoms with Gasteiger partial charge in [0.25, 0.3) is 0 Å². The maximum atomic E-state index is 14.0. The number of ether oxygens (including phenoxy) is 1. The smallest absolute Gasteiger partial charge is 0.242 e. The zero-order chi connectivity index (χ0) is 32.6. The van der Waals surface area contributed by atoms with Gasteiger partial charge in [0.15, 0.2) is 5.43 Å². The van der Waals surface area contributed by atoms with Gasteiger partial charge in [-0.15, -0.1) is 0 Å². The summed E-state index contributed by atoms with van der Waals surface area (Å²) in [6.07, 6.45) is 17.2. The molecule has 2 heterocycles. The Balaban J connectivity index is 1.38.